The van der Waals surface area contributed by atoms with Crippen LogP contribution in [-0.4, -0.2) is 9.55 Å². The first-order chi connectivity index (χ1) is 7.68. The van der Waals surface area contributed by atoms with Gasteiger partial charge in [-0.3, -0.25) is 0 Å². The molecular weight excluding hydrogens is 205 g/mol. The van der Waals surface area contributed by atoms with E-state index in [-0.39, 0.29) is 5.82 Å². The molecule has 4 heteroatoms. The number of fused-ring (bicyclic) bond motifs is 3. The third-order valence-electron chi connectivity index (χ3n) is 2.88. The first kappa shape index (κ1) is 9.15. The summed E-state index contributed by atoms with van der Waals surface area (Å²) in [5.41, 5.74) is 7.12. The molecule has 0 aliphatic carbocycles. The summed E-state index contributed by atoms with van der Waals surface area (Å²) in [5, 5.41) is 1.80. The molecule has 0 saturated carbocycles. The number of halogens is 1. The number of aromatic nitrogens is 2. The lowest BCUT2D eigenvalue weighted by molar-refractivity contribution is 0.633. The fraction of sp³-hybridized carbons (Fsp3) is 0.0833. The number of hydrogen-bond acceptors (Lipinski definition) is 2. The van der Waals surface area contributed by atoms with Crippen molar-refractivity contribution in [1.82, 2.24) is 9.55 Å². The van der Waals surface area contributed by atoms with E-state index in [4.69, 9.17) is 5.73 Å². The summed E-state index contributed by atoms with van der Waals surface area (Å²) >= 11 is 0. The fourth-order valence-electron chi connectivity index (χ4n) is 2.14. The molecule has 0 radical (unpaired) electrons. The number of anilines is 1. The van der Waals surface area contributed by atoms with Gasteiger partial charge in [-0.1, -0.05) is 12.1 Å². The quantitative estimate of drug-likeness (QED) is 0.626. The Morgan fingerprint density at radius 1 is 1.31 bits per heavy atom. The van der Waals surface area contributed by atoms with Crippen molar-refractivity contribution in [3.05, 3.63) is 36.3 Å². The van der Waals surface area contributed by atoms with Gasteiger partial charge in [0, 0.05) is 17.8 Å². The lowest BCUT2D eigenvalue weighted by Crippen LogP contribution is -1.91. The van der Waals surface area contributed by atoms with Crippen LogP contribution in [0.1, 0.15) is 0 Å². The normalized spacial score (nSPS) is 11.4. The molecule has 0 bridgehead atoms. The van der Waals surface area contributed by atoms with Gasteiger partial charge in [0.15, 0.2) is 0 Å². The predicted octanol–water partition coefficient (Wildman–Crippen LogP) is 2.45. The summed E-state index contributed by atoms with van der Waals surface area (Å²) in [6.07, 6.45) is 1.67. The van der Waals surface area contributed by atoms with Crippen molar-refractivity contribution < 1.29 is 4.39 Å². The van der Waals surface area contributed by atoms with Crippen LogP contribution in [-0.2, 0) is 7.05 Å². The average molecular weight is 215 g/mol. The summed E-state index contributed by atoms with van der Waals surface area (Å²) in [5.74, 6) is 0.221. The zero-order chi connectivity index (χ0) is 11.3. The second-order valence-corrected chi connectivity index (χ2v) is 3.82. The first-order valence-corrected chi connectivity index (χ1v) is 4.96. The number of pyridine rings is 1. The number of nitrogen functional groups attached to an aromatic ring is 1. The van der Waals surface area contributed by atoms with Crippen molar-refractivity contribution in [2.75, 3.05) is 5.73 Å². The van der Waals surface area contributed by atoms with Crippen LogP contribution in [0.15, 0.2) is 30.5 Å². The Morgan fingerprint density at radius 3 is 2.94 bits per heavy atom. The highest BCUT2D eigenvalue weighted by molar-refractivity contribution is 6.08. The Kier molecular flexibility index (Phi) is 1.68. The Labute approximate surface area is 91.3 Å². The second kappa shape index (κ2) is 2.95. The molecule has 0 spiro atoms. The molecule has 0 atom stereocenters. The number of rotatable bonds is 0. The van der Waals surface area contributed by atoms with Gasteiger partial charge in [-0.25, -0.2) is 9.37 Å². The minimum atomic E-state index is -0.227. The highest BCUT2D eigenvalue weighted by Gasteiger charge is 2.11. The zero-order valence-corrected chi connectivity index (χ0v) is 8.74. The van der Waals surface area contributed by atoms with Gasteiger partial charge in [-0.05, 0) is 12.1 Å². The minimum Gasteiger partial charge on any atom is -0.384 e. The molecule has 2 heterocycles. The molecule has 16 heavy (non-hydrogen) atoms. The zero-order valence-electron chi connectivity index (χ0n) is 8.74. The summed E-state index contributed by atoms with van der Waals surface area (Å²) in [6, 6.07) is 6.82. The lowest BCUT2D eigenvalue weighted by atomic mass is 10.2. The number of nitrogens with two attached hydrogens (primary N) is 1. The van der Waals surface area contributed by atoms with Gasteiger partial charge in [0.1, 0.15) is 11.6 Å². The molecule has 1 aromatic carbocycles. The molecule has 3 aromatic rings. The highest BCUT2D eigenvalue weighted by atomic mass is 19.1. The summed E-state index contributed by atoms with van der Waals surface area (Å²) < 4.78 is 15.5. The average Bonchev–Trinajstić information content (AvgIpc) is 2.54. The summed E-state index contributed by atoms with van der Waals surface area (Å²) in [6.45, 7) is 0. The van der Waals surface area contributed by atoms with E-state index in [9.17, 15) is 4.39 Å². The maximum Gasteiger partial charge on any atom is 0.147 e. The molecule has 0 unspecified atom stereocenters. The second-order valence-electron chi connectivity index (χ2n) is 3.82. The van der Waals surface area contributed by atoms with Crippen molar-refractivity contribution in [2.24, 2.45) is 7.05 Å². The standard InChI is InChI=1S/C12H10FN3/c1-16-10-6-15-11(14)5-8(10)7-3-2-4-9(13)12(7)16/h2-6H,1H3,(H2,14,15). The van der Waals surface area contributed by atoms with Gasteiger partial charge in [0.25, 0.3) is 0 Å². The first-order valence-electron chi connectivity index (χ1n) is 4.96. The Bertz CT molecular complexity index is 700. The molecule has 2 aromatic heterocycles. The van der Waals surface area contributed by atoms with E-state index in [1.165, 1.54) is 6.07 Å². The van der Waals surface area contributed by atoms with Crippen molar-refractivity contribution in [2.45, 2.75) is 0 Å². The van der Waals surface area contributed by atoms with Gasteiger partial charge < -0.3 is 10.3 Å². The van der Waals surface area contributed by atoms with E-state index in [0.29, 0.717) is 11.3 Å². The van der Waals surface area contributed by atoms with Gasteiger partial charge in [-0.15, -0.1) is 0 Å². The van der Waals surface area contributed by atoms with Gasteiger partial charge in [0.2, 0.25) is 0 Å². The van der Waals surface area contributed by atoms with Gasteiger partial charge in [0.05, 0.1) is 17.2 Å². The highest BCUT2D eigenvalue weighted by Crippen LogP contribution is 2.29. The number of aryl methyl sites for hydroxylation is 1. The van der Waals surface area contributed by atoms with E-state index in [1.807, 2.05) is 13.1 Å². The molecule has 0 saturated heterocycles. The molecule has 0 aliphatic rings. The SMILES string of the molecule is Cn1c2cnc(N)cc2c2cccc(F)c21. The number of benzene rings is 1. The Hall–Kier alpha value is -2.10. The number of hydrogen-bond donors (Lipinski definition) is 1. The Morgan fingerprint density at radius 2 is 2.12 bits per heavy atom. The molecule has 2 N–H and O–H groups in total. The molecule has 3 nitrogen and oxygen atoms in total. The maximum atomic E-state index is 13.7. The van der Waals surface area contributed by atoms with Crippen LogP contribution in [0.2, 0.25) is 0 Å². The Balaban J connectivity index is 2.65. The van der Waals surface area contributed by atoms with Crippen LogP contribution in [0.5, 0.6) is 0 Å². The number of nitrogens with zero attached hydrogens (tertiary/aromatic N) is 2. The van der Waals surface area contributed by atoms with Crippen LogP contribution in [0, 0.1) is 5.82 Å². The van der Waals surface area contributed by atoms with E-state index in [2.05, 4.69) is 4.98 Å². The smallest absolute Gasteiger partial charge is 0.147 e. The third kappa shape index (κ3) is 1.04. The van der Waals surface area contributed by atoms with Crippen LogP contribution in [0.3, 0.4) is 0 Å². The van der Waals surface area contributed by atoms with Crippen molar-refractivity contribution in [3.63, 3.8) is 0 Å². The van der Waals surface area contributed by atoms with Crippen LogP contribution in [0.4, 0.5) is 10.2 Å². The predicted molar refractivity (Wildman–Crippen MR) is 62.6 cm³/mol. The lowest BCUT2D eigenvalue weighted by Gasteiger charge is -1.98. The van der Waals surface area contributed by atoms with Crippen molar-refractivity contribution >= 4 is 27.6 Å². The molecular formula is C12H10FN3. The van der Waals surface area contributed by atoms with E-state index in [0.717, 1.165) is 16.3 Å². The van der Waals surface area contributed by atoms with Crippen molar-refractivity contribution in [1.29, 1.82) is 0 Å². The fourth-order valence-corrected chi connectivity index (χ4v) is 2.14. The van der Waals surface area contributed by atoms with E-state index < -0.39 is 0 Å². The number of para-hydroxylation sites is 1. The minimum absolute atomic E-state index is 0.227. The maximum absolute atomic E-state index is 13.7. The molecule has 0 amide bonds. The van der Waals surface area contributed by atoms with Gasteiger partial charge in [-0.2, -0.15) is 0 Å². The molecule has 0 fully saturated rings. The van der Waals surface area contributed by atoms with Crippen LogP contribution < -0.4 is 5.73 Å². The van der Waals surface area contributed by atoms with Crippen molar-refractivity contribution in [3.8, 4) is 0 Å². The topological polar surface area (TPSA) is 43.8 Å². The summed E-state index contributed by atoms with van der Waals surface area (Å²) in [4.78, 5) is 4.03. The summed E-state index contributed by atoms with van der Waals surface area (Å²) in [7, 11) is 1.83. The van der Waals surface area contributed by atoms with Crippen LogP contribution in [0.25, 0.3) is 21.8 Å². The monoisotopic (exact) mass is 215 g/mol. The largest absolute Gasteiger partial charge is 0.384 e. The van der Waals surface area contributed by atoms with E-state index >= 15 is 0 Å². The molecule has 0 aliphatic heterocycles. The van der Waals surface area contributed by atoms with Gasteiger partial charge >= 0.3 is 0 Å². The third-order valence-corrected chi connectivity index (χ3v) is 2.88. The van der Waals surface area contributed by atoms with E-state index in [1.54, 1.807) is 22.9 Å². The van der Waals surface area contributed by atoms with Crippen LogP contribution >= 0.6 is 0 Å². The molecule has 80 valence electrons. The molecule has 3 rings (SSSR count).